The first-order valence-corrected chi connectivity index (χ1v) is 11.7. The lowest BCUT2D eigenvalue weighted by molar-refractivity contribution is 0.158. The fraction of sp³-hybridized carbons (Fsp3) is 0.385. The first kappa shape index (κ1) is 22.1. The highest BCUT2D eigenvalue weighted by molar-refractivity contribution is 5.89. The molecule has 8 heteroatoms. The highest BCUT2D eigenvalue weighted by Crippen LogP contribution is 2.31. The van der Waals surface area contributed by atoms with Gasteiger partial charge in [-0.2, -0.15) is 0 Å². The average Bonchev–Trinajstić information content (AvgIpc) is 3.27. The molecule has 0 saturated carbocycles. The van der Waals surface area contributed by atoms with Gasteiger partial charge >= 0.3 is 0 Å². The third kappa shape index (κ3) is 3.62. The molecular weight excluding hydrogens is 426 g/mol. The Hall–Kier alpha value is -3.70. The van der Waals surface area contributed by atoms with E-state index in [0.29, 0.717) is 11.3 Å². The first-order valence-electron chi connectivity index (χ1n) is 11.7. The molecule has 0 amide bonds. The van der Waals surface area contributed by atoms with Gasteiger partial charge in [-0.05, 0) is 44.5 Å². The fourth-order valence-corrected chi connectivity index (χ4v) is 5.13. The number of imidazole rings is 1. The van der Waals surface area contributed by atoms with Gasteiger partial charge in [-0.15, -0.1) is 4.98 Å². The maximum absolute atomic E-state index is 12.7. The zero-order chi connectivity index (χ0) is 24.0. The number of para-hydroxylation sites is 1. The van der Waals surface area contributed by atoms with Crippen molar-refractivity contribution in [2.24, 2.45) is 7.05 Å². The van der Waals surface area contributed by atoms with Crippen LogP contribution in [-0.2, 0) is 20.1 Å². The van der Waals surface area contributed by atoms with Gasteiger partial charge in [-0.1, -0.05) is 18.7 Å². The van der Waals surface area contributed by atoms with Crippen LogP contribution in [0.4, 0.5) is 11.5 Å². The lowest BCUT2D eigenvalue weighted by Crippen LogP contribution is -2.56. The molecule has 5 rings (SSSR count). The molecule has 1 fully saturated rings. The summed E-state index contributed by atoms with van der Waals surface area (Å²) in [4.78, 5) is 30.2. The molecule has 0 unspecified atom stereocenters. The van der Waals surface area contributed by atoms with E-state index >= 15 is 0 Å². The van der Waals surface area contributed by atoms with Gasteiger partial charge < -0.3 is 18.9 Å². The molecule has 4 aromatic rings. The van der Waals surface area contributed by atoms with Gasteiger partial charge in [-0.25, -0.2) is 4.98 Å². The summed E-state index contributed by atoms with van der Waals surface area (Å²) in [5.74, 6) is 0.340. The van der Waals surface area contributed by atoms with E-state index in [1.165, 1.54) is 11.1 Å². The van der Waals surface area contributed by atoms with E-state index in [-0.39, 0.29) is 17.6 Å². The van der Waals surface area contributed by atoms with Gasteiger partial charge in [-0.3, -0.25) is 9.69 Å². The molecule has 8 nitrogen and oxygen atoms in total. The molecule has 1 aromatic carbocycles. The van der Waals surface area contributed by atoms with Gasteiger partial charge in [0.15, 0.2) is 0 Å². The topological polar surface area (TPSA) is 63.6 Å². The van der Waals surface area contributed by atoms with Crippen molar-refractivity contribution in [1.82, 2.24) is 24.0 Å². The van der Waals surface area contributed by atoms with Crippen LogP contribution >= 0.6 is 0 Å². The number of aryl methyl sites for hydroxylation is 2. The number of hydrogen-bond donors (Lipinski definition) is 0. The number of aromatic nitrogens is 4. The van der Waals surface area contributed by atoms with Crippen LogP contribution in [0.2, 0.25) is 0 Å². The van der Waals surface area contributed by atoms with Crippen molar-refractivity contribution in [1.29, 1.82) is 0 Å². The smallest absolute Gasteiger partial charge is 0.270 e. The van der Waals surface area contributed by atoms with Crippen molar-refractivity contribution in [3.63, 3.8) is 0 Å². The third-order valence-corrected chi connectivity index (χ3v) is 7.03. The second kappa shape index (κ2) is 8.58. The van der Waals surface area contributed by atoms with E-state index in [4.69, 9.17) is 6.57 Å². The molecule has 0 radical (unpaired) electrons. The van der Waals surface area contributed by atoms with Crippen LogP contribution in [0.5, 0.6) is 0 Å². The largest absolute Gasteiger partial charge is 0.362 e. The van der Waals surface area contributed by atoms with Gasteiger partial charge in [0, 0.05) is 51.4 Å². The highest BCUT2D eigenvalue weighted by atomic mass is 16.1. The highest BCUT2D eigenvalue weighted by Gasteiger charge is 2.32. The number of nitrogens with zero attached hydrogens (tertiary/aromatic N) is 7. The van der Waals surface area contributed by atoms with Crippen molar-refractivity contribution in [2.45, 2.75) is 45.9 Å². The molecular formula is C26H29N7O. The van der Waals surface area contributed by atoms with Crippen molar-refractivity contribution < 1.29 is 0 Å². The Kier molecular flexibility index (Phi) is 5.58. The summed E-state index contributed by atoms with van der Waals surface area (Å²) in [6, 6.07) is 12.0. The van der Waals surface area contributed by atoms with E-state index < -0.39 is 0 Å². The molecule has 1 aliphatic heterocycles. The molecule has 2 atom stereocenters. The molecule has 1 saturated heterocycles. The number of hydrogen-bond acceptors (Lipinski definition) is 5. The quantitative estimate of drug-likeness (QED) is 0.436. The van der Waals surface area contributed by atoms with Crippen LogP contribution in [0.3, 0.4) is 0 Å². The predicted molar refractivity (Wildman–Crippen MR) is 135 cm³/mol. The summed E-state index contributed by atoms with van der Waals surface area (Å²) in [6.45, 7) is 17.3. The van der Waals surface area contributed by atoms with Crippen molar-refractivity contribution in [3.05, 3.63) is 70.1 Å². The lowest BCUT2D eigenvalue weighted by atomic mass is 10.0. The number of rotatable bonds is 4. The van der Waals surface area contributed by atoms with Crippen LogP contribution < -0.4 is 10.5 Å². The fourth-order valence-electron chi connectivity index (χ4n) is 5.13. The van der Waals surface area contributed by atoms with Crippen LogP contribution in [0.1, 0.15) is 26.3 Å². The molecule has 1 aliphatic rings. The molecule has 3 aromatic heterocycles. The second-order valence-corrected chi connectivity index (χ2v) is 9.17. The summed E-state index contributed by atoms with van der Waals surface area (Å²) in [5, 5.41) is 0. The van der Waals surface area contributed by atoms with Crippen LogP contribution in [-0.4, -0.2) is 49.2 Å². The summed E-state index contributed by atoms with van der Waals surface area (Å²) in [5.41, 5.74) is 5.73. The zero-order valence-corrected chi connectivity index (χ0v) is 20.1. The van der Waals surface area contributed by atoms with Crippen molar-refractivity contribution in [3.8, 4) is 0 Å². The van der Waals surface area contributed by atoms with E-state index in [2.05, 4.69) is 68.2 Å². The molecule has 0 spiro atoms. The molecule has 0 N–H and O–H groups in total. The van der Waals surface area contributed by atoms with Crippen LogP contribution in [0.25, 0.3) is 26.9 Å². The number of benzene rings is 1. The van der Waals surface area contributed by atoms with Crippen LogP contribution in [0, 0.1) is 6.57 Å². The van der Waals surface area contributed by atoms with Crippen LogP contribution in [0.15, 0.2) is 47.5 Å². The predicted octanol–water partition coefficient (Wildman–Crippen LogP) is 3.95. The van der Waals surface area contributed by atoms with E-state index in [1.807, 2.05) is 12.4 Å². The summed E-state index contributed by atoms with van der Waals surface area (Å²) < 4.78 is 3.81. The van der Waals surface area contributed by atoms with Gasteiger partial charge in [0.2, 0.25) is 5.52 Å². The minimum Gasteiger partial charge on any atom is -0.362 e. The Bertz CT molecular complexity index is 1480. The molecule has 4 heterocycles. The maximum atomic E-state index is 12.7. The van der Waals surface area contributed by atoms with Crippen molar-refractivity contribution in [2.75, 3.05) is 18.0 Å². The maximum Gasteiger partial charge on any atom is 0.270 e. The van der Waals surface area contributed by atoms with Gasteiger partial charge in [0.1, 0.15) is 0 Å². The second-order valence-electron chi connectivity index (χ2n) is 9.17. The number of anilines is 1. The Morgan fingerprint density at radius 3 is 2.74 bits per heavy atom. The third-order valence-electron chi connectivity index (χ3n) is 7.03. The standard InChI is InChI=1S/C26H29N7O/c1-6-31-16-28-20-9-7-8-19(26(20)31)15-32-13-18(3)33(14-17(32)2)22-12-24(34)30(5)21-10-11-23(27-4)29-25(21)22/h7-12,16-18H,6,13-15H2,1-3,5H3/t17-,18+/m1/s1. The Balaban J connectivity index is 1.48. The molecule has 34 heavy (non-hydrogen) atoms. The summed E-state index contributed by atoms with van der Waals surface area (Å²) in [7, 11) is 1.75. The zero-order valence-electron chi connectivity index (χ0n) is 20.1. The van der Waals surface area contributed by atoms with Crippen molar-refractivity contribution >= 4 is 33.6 Å². The number of fused-ring (bicyclic) bond motifs is 2. The van der Waals surface area contributed by atoms with E-state index in [9.17, 15) is 4.79 Å². The molecule has 0 bridgehead atoms. The summed E-state index contributed by atoms with van der Waals surface area (Å²) in [6.07, 6.45) is 1.92. The average molecular weight is 456 g/mol. The Labute approximate surface area is 198 Å². The van der Waals surface area contributed by atoms with Gasteiger partial charge in [0.05, 0.1) is 28.6 Å². The molecule has 0 aliphatic carbocycles. The number of pyridine rings is 2. The Morgan fingerprint density at radius 1 is 1.15 bits per heavy atom. The lowest BCUT2D eigenvalue weighted by Gasteiger charge is -2.45. The monoisotopic (exact) mass is 455 g/mol. The molecule has 174 valence electrons. The first-order chi connectivity index (χ1) is 16.4. The van der Waals surface area contributed by atoms with Gasteiger partial charge in [0.25, 0.3) is 11.4 Å². The normalized spacial score (nSPS) is 19.1. The SMILES string of the molecule is [C-]#[N+]c1ccc2c(n1)c(N1C[C@@H](C)N(Cc3cccc4ncn(CC)c34)C[C@@H]1C)cc(=O)n2C. The minimum absolute atomic E-state index is 0.0679. The number of piperazine rings is 1. The van der Waals surface area contributed by atoms with E-state index in [0.717, 1.165) is 42.9 Å². The minimum atomic E-state index is -0.0679. The summed E-state index contributed by atoms with van der Waals surface area (Å²) >= 11 is 0. The Morgan fingerprint density at radius 2 is 1.97 bits per heavy atom. The van der Waals surface area contributed by atoms with E-state index in [1.54, 1.807) is 23.7 Å².